The number of rotatable bonds is 3. The van der Waals surface area contributed by atoms with Gasteiger partial charge in [0.2, 0.25) is 0 Å². The van der Waals surface area contributed by atoms with Gasteiger partial charge < -0.3 is 9.84 Å². The quantitative estimate of drug-likeness (QED) is 0.779. The average molecular weight is 311 g/mol. The van der Waals surface area contributed by atoms with Gasteiger partial charge in [-0.15, -0.1) is 0 Å². The second kappa shape index (κ2) is 5.97. The molecule has 1 atom stereocenters. The molecule has 2 aromatic carbocycles. The predicted molar refractivity (Wildman–Crippen MR) is 89.1 cm³/mol. The summed E-state index contributed by atoms with van der Waals surface area (Å²) in [6, 6.07) is 12.2. The van der Waals surface area contributed by atoms with Crippen LogP contribution < -0.4 is 4.74 Å². The predicted octanol–water partition coefficient (Wildman–Crippen LogP) is 4.41. The lowest BCUT2D eigenvalue weighted by atomic mass is 10.0. The van der Waals surface area contributed by atoms with Crippen LogP contribution in [0.4, 0.5) is 4.39 Å². The second-order valence-electron chi connectivity index (χ2n) is 5.66. The first-order chi connectivity index (χ1) is 11.0. The van der Waals surface area contributed by atoms with Crippen molar-refractivity contribution >= 4 is 10.9 Å². The molecule has 0 spiro atoms. The third kappa shape index (κ3) is 3.03. The molecule has 118 valence electrons. The SMILES string of the molecule is COc1cc(F)cc(-c2cc(C)c3ccc(C(C)O)cc3n2)c1. The maximum Gasteiger partial charge on any atom is 0.127 e. The van der Waals surface area contributed by atoms with Crippen LogP contribution in [0.3, 0.4) is 0 Å². The molecule has 3 rings (SSSR count). The van der Waals surface area contributed by atoms with Crippen molar-refractivity contribution in [1.29, 1.82) is 0 Å². The minimum Gasteiger partial charge on any atom is -0.497 e. The van der Waals surface area contributed by atoms with Crippen molar-refractivity contribution in [3.8, 4) is 17.0 Å². The molecular weight excluding hydrogens is 293 g/mol. The Morgan fingerprint density at radius 2 is 1.91 bits per heavy atom. The fourth-order valence-corrected chi connectivity index (χ4v) is 2.66. The molecule has 0 fully saturated rings. The number of aliphatic hydroxyl groups is 1. The van der Waals surface area contributed by atoms with Gasteiger partial charge in [0.25, 0.3) is 0 Å². The Morgan fingerprint density at radius 3 is 2.61 bits per heavy atom. The van der Waals surface area contributed by atoms with Crippen LogP contribution in [0.15, 0.2) is 42.5 Å². The van der Waals surface area contributed by atoms with E-state index in [1.165, 1.54) is 19.2 Å². The van der Waals surface area contributed by atoms with Gasteiger partial charge in [0.1, 0.15) is 11.6 Å². The number of halogens is 1. The number of fused-ring (bicyclic) bond motifs is 1. The van der Waals surface area contributed by atoms with Gasteiger partial charge in [0.05, 0.1) is 24.4 Å². The normalized spacial score (nSPS) is 12.4. The number of methoxy groups -OCH3 is 1. The molecule has 0 saturated carbocycles. The van der Waals surface area contributed by atoms with E-state index in [0.717, 1.165) is 22.0 Å². The molecule has 1 unspecified atom stereocenters. The average Bonchev–Trinajstić information content (AvgIpc) is 2.53. The van der Waals surface area contributed by atoms with Gasteiger partial charge in [-0.05, 0) is 49.2 Å². The van der Waals surface area contributed by atoms with Crippen LogP contribution in [0.1, 0.15) is 24.2 Å². The highest BCUT2D eigenvalue weighted by atomic mass is 19.1. The maximum atomic E-state index is 13.7. The largest absolute Gasteiger partial charge is 0.497 e. The summed E-state index contributed by atoms with van der Waals surface area (Å²) in [7, 11) is 1.51. The third-order valence-corrected chi connectivity index (χ3v) is 3.93. The van der Waals surface area contributed by atoms with E-state index < -0.39 is 6.10 Å². The minimum atomic E-state index is -0.556. The molecule has 1 N–H and O–H groups in total. The van der Waals surface area contributed by atoms with E-state index in [1.54, 1.807) is 13.0 Å². The number of ether oxygens (including phenoxy) is 1. The molecule has 4 heteroatoms. The number of nitrogens with zero attached hydrogens (tertiary/aromatic N) is 1. The Hall–Kier alpha value is -2.46. The van der Waals surface area contributed by atoms with Crippen LogP contribution in [-0.2, 0) is 0 Å². The van der Waals surface area contributed by atoms with Gasteiger partial charge in [-0.25, -0.2) is 9.37 Å². The van der Waals surface area contributed by atoms with Gasteiger partial charge in [0.15, 0.2) is 0 Å². The fourth-order valence-electron chi connectivity index (χ4n) is 2.66. The van der Waals surface area contributed by atoms with Crippen LogP contribution in [0, 0.1) is 12.7 Å². The number of aromatic nitrogens is 1. The number of pyridine rings is 1. The Bertz CT molecular complexity index is 875. The highest BCUT2D eigenvalue weighted by Crippen LogP contribution is 2.29. The van der Waals surface area contributed by atoms with E-state index in [-0.39, 0.29) is 5.82 Å². The molecule has 0 saturated heterocycles. The summed E-state index contributed by atoms with van der Waals surface area (Å²) in [5.74, 6) is 0.0916. The van der Waals surface area contributed by atoms with Crippen molar-refractivity contribution < 1.29 is 14.2 Å². The van der Waals surface area contributed by atoms with Crippen LogP contribution in [-0.4, -0.2) is 17.2 Å². The summed E-state index contributed by atoms with van der Waals surface area (Å²) in [6.45, 7) is 3.71. The van der Waals surface area contributed by atoms with E-state index in [9.17, 15) is 9.50 Å². The lowest BCUT2D eigenvalue weighted by Gasteiger charge is -2.11. The van der Waals surface area contributed by atoms with Crippen molar-refractivity contribution in [1.82, 2.24) is 4.98 Å². The first-order valence-corrected chi connectivity index (χ1v) is 7.42. The third-order valence-electron chi connectivity index (χ3n) is 3.93. The number of aliphatic hydroxyl groups excluding tert-OH is 1. The summed E-state index contributed by atoms with van der Waals surface area (Å²) in [5, 5.41) is 10.8. The lowest BCUT2D eigenvalue weighted by Crippen LogP contribution is -1.95. The maximum absolute atomic E-state index is 13.7. The van der Waals surface area contributed by atoms with Gasteiger partial charge in [-0.1, -0.05) is 12.1 Å². The van der Waals surface area contributed by atoms with Crippen molar-refractivity contribution in [3.63, 3.8) is 0 Å². The molecule has 0 aliphatic rings. The summed E-state index contributed by atoms with van der Waals surface area (Å²) in [5.41, 5.74) is 3.97. The number of aryl methyl sites for hydroxylation is 1. The van der Waals surface area contributed by atoms with Crippen molar-refractivity contribution in [2.75, 3.05) is 7.11 Å². The molecule has 1 heterocycles. The van der Waals surface area contributed by atoms with E-state index in [1.807, 2.05) is 31.2 Å². The zero-order valence-corrected chi connectivity index (χ0v) is 13.3. The molecular formula is C19H18FNO2. The first-order valence-electron chi connectivity index (χ1n) is 7.42. The van der Waals surface area contributed by atoms with Gasteiger partial charge in [-0.3, -0.25) is 0 Å². The van der Waals surface area contributed by atoms with Crippen molar-refractivity contribution in [2.45, 2.75) is 20.0 Å². The molecule has 0 bridgehead atoms. The standard InChI is InChI=1S/C19H18FNO2/c1-11-6-18(14-7-15(20)10-16(8-14)23-3)21-19-9-13(12(2)22)4-5-17(11)19/h4-10,12,22H,1-3H3. The minimum absolute atomic E-state index is 0.364. The molecule has 1 aromatic heterocycles. The van der Waals surface area contributed by atoms with E-state index in [2.05, 4.69) is 4.98 Å². The lowest BCUT2D eigenvalue weighted by molar-refractivity contribution is 0.199. The Labute approximate surface area is 134 Å². The zero-order chi connectivity index (χ0) is 16.6. The summed E-state index contributed by atoms with van der Waals surface area (Å²) >= 11 is 0. The second-order valence-corrected chi connectivity index (χ2v) is 5.66. The van der Waals surface area contributed by atoms with Crippen LogP contribution in [0.2, 0.25) is 0 Å². The molecule has 3 aromatic rings. The Kier molecular flexibility index (Phi) is 4.01. The molecule has 0 aliphatic carbocycles. The van der Waals surface area contributed by atoms with Crippen LogP contribution in [0.5, 0.6) is 5.75 Å². The van der Waals surface area contributed by atoms with Gasteiger partial charge >= 0.3 is 0 Å². The number of hydrogen-bond donors (Lipinski definition) is 1. The van der Waals surface area contributed by atoms with Crippen LogP contribution >= 0.6 is 0 Å². The van der Waals surface area contributed by atoms with E-state index in [4.69, 9.17) is 4.74 Å². The monoisotopic (exact) mass is 311 g/mol. The number of benzene rings is 2. The molecule has 23 heavy (non-hydrogen) atoms. The Balaban J connectivity index is 2.20. The highest BCUT2D eigenvalue weighted by molar-refractivity contribution is 5.85. The molecule has 0 radical (unpaired) electrons. The first kappa shape index (κ1) is 15.4. The van der Waals surface area contributed by atoms with Crippen LogP contribution in [0.25, 0.3) is 22.2 Å². The molecule has 0 amide bonds. The fraction of sp³-hybridized carbons (Fsp3) is 0.211. The topological polar surface area (TPSA) is 42.4 Å². The summed E-state index contributed by atoms with van der Waals surface area (Å²) < 4.78 is 18.9. The molecule has 3 nitrogen and oxygen atoms in total. The Morgan fingerprint density at radius 1 is 1.13 bits per heavy atom. The van der Waals surface area contributed by atoms with Crippen molar-refractivity contribution in [3.05, 3.63) is 59.4 Å². The summed E-state index contributed by atoms with van der Waals surface area (Å²) in [6.07, 6.45) is -0.556. The zero-order valence-electron chi connectivity index (χ0n) is 13.3. The highest BCUT2D eigenvalue weighted by Gasteiger charge is 2.10. The van der Waals surface area contributed by atoms with Crippen molar-refractivity contribution in [2.24, 2.45) is 0 Å². The van der Waals surface area contributed by atoms with E-state index >= 15 is 0 Å². The van der Waals surface area contributed by atoms with Gasteiger partial charge in [-0.2, -0.15) is 0 Å². The smallest absolute Gasteiger partial charge is 0.127 e. The summed E-state index contributed by atoms with van der Waals surface area (Å²) in [4.78, 5) is 4.63. The van der Waals surface area contributed by atoms with E-state index in [0.29, 0.717) is 17.0 Å². The number of hydrogen-bond acceptors (Lipinski definition) is 3. The molecule has 0 aliphatic heterocycles. The van der Waals surface area contributed by atoms with Gasteiger partial charge in [0, 0.05) is 17.0 Å².